The molecule has 9 heteroatoms. The maximum absolute atomic E-state index is 12.7. The number of carbonyl (C=O) groups is 1. The van der Waals surface area contributed by atoms with Crippen LogP contribution in [0.25, 0.3) is 0 Å². The molecule has 8 nitrogen and oxygen atoms in total. The number of benzene rings is 2. The van der Waals surface area contributed by atoms with Gasteiger partial charge in [0.15, 0.2) is 0 Å². The third kappa shape index (κ3) is 4.65. The summed E-state index contributed by atoms with van der Waals surface area (Å²) < 4.78 is 37.3. The normalized spacial score (nSPS) is 18.2. The van der Waals surface area contributed by atoms with Gasteiger partial charge in [0.05, 0.1) is 31.3 Å². The molecule has 0 bridgehead atoms. The van der Waals surface area contributed by atoms with Gasteiger partial charge in [0.1, 0.15) is 0 Å². The van der Waals surface area contributed by atoms with Crippen molar-refractivity contribution in [1.82, 2.24) is 4.31 Å². The average Bonchev–Trinajstić information content (AvgIpc) is 2.81. The fraction of sp³-hybridized carbons (Fsp3) is 0.381. The van der Waals surface area contributed by atoms with Gasteiger partial charge in [-0.3, -0.25) is 4.79 Å². The number of rotatable bonds is 5. The maximum Gasteiger partial charge on any atom is 0.255 e. The average molecular weight is 432 g/mol. The second-order valence-electron chi connectivity index (χ2n) is 7.14. The number of anilines is 2. The number of carbonyl (C=O) groups excluding carboxylic acids is 1. The molecule has 1 N–H and O–H groups in total. The first-order valence-electron chi connectivity index (χ1n) is 9.96. The standard InChI is InChI=1S/C21H25N3O5S/c25-21(17-1-5-19(6-2-17)23-9-13-28-14-10-23)22-18-3-7-20(8-4-18)30(26,27)24-11-15-29-16-12-24/h1-8H,9-16H2,(H,22,25). The van der Waals surface area contributed by atoms with Crippen LogP contribution in [0.4, 0.5) is 11.4 Å². The molecule has 160 valence electrons. The molecule has 4 rings (SSSR count). The highest BCUT2D eigenvalue weighted by atomic mass is 32.2. The summed E-state index contributed by atoms with van der Waals surface area (Å²) in [6, 6.07) is 13.7. The molecule has 0 radical (unpaired) electrons. The van der Waals surface area contributed by atoms with E-state index >= 15 is 0 Å². The van der Waals surface area contributed by atoms with Crippen molar-refractivity contribution >= 4 is 27.3 Å². The molecule has 2 aromatic rings. The van der Waals surface area contributed by atoms with E-state index in [0.29, 0.717) is 50.8 Å². The fourth-order valence-corrected chi connectivity index (χ4v) is 4.90. The van der Waals surface area contributed by atoms with E-state index in [-0.39, 0.29) is 10.8 Å². The fourth-order valence-electron chi connectivity index (χ4n) is 3.49. The summed E-state index contributed by atoms with van der Waals surface area (Å²) in [6.45, 7) is 4.59. The topological polar surface area (TPSA) is 88.2 Å². The first-order valence-corrected chi connectivity index (χ1v) is 11.4. The zero-order valence-electron chi connectivity index (χ0n) is 16.6. The zero-order chi connectivity index (χ0) is 21.0. The Hall–Kier alpha value is -2.46. The van der Waals surface area contributed by atoms with Gasteiger partial charge in [-0.25, -0.2) is 8.42 Å². The van der Waals surface area contributed by atoms with Gasteiger partial charge in [-0.05, 0) is 48.5 Å². The van der Waals surface area contributed by atoms with Crippen LogP contribution in [0.1, 0.15) is 10.4 Å². The van der Waals surface area contributed by atoms with Gasteiger partial charge < -0.3 is 19.7 Å². The molecule has 2 heterocycles. The van der Waals surface area contributed by atoms with Crippen LogP contribution < -0.4 is 10.2 Å². The van der Waals surface area contributed by atoms with Crippen LogP contribution in [0.3, 0.4) is 0 Å². The zero-order valence-corrected chi connectivity index (χ0v) is 17.4. The molecule has 30 heavy (non-hydrogen) atoms. The highest BCUT2D eigenvalue weighted by molar-refractivity contribution is 7.89. The monoisotopic (exact) mass is 431 g/mol. The third-order valence-corrected chi connectivity index (χ3v) is 7.14. The van der Waals surface area contributed by atoms with Crippen LogP contribution in [0, 0.1) is 0 Å². The number of sulfonamides is 1. The van der Waals surface area contributed by atoms with E-state index in [9.17, 15) is 13.2 Å². The number of hydrogen-bond acceptors (Lipinski definition) is 6. The van der Waals surface area contributed by atoms with Crippen molar-refractivity contribution in [3.63, 3.8) is 0 Å². The van der Waals surface area contributed by atoms with Gasteiger partial charge in [0, 0.05) is 43.1 Å². The van der Waals surface area contributed by atoms with Crippen molar-refractivity contribution in [3.8, 4) is 0 Å². The van der Waals surface area contributed by atoms with Crippen molar-refractivity contribution < 1.29 is 22.7 Å². The predicted octanol–water partition coefficient (Wildman–Crippen LogP) is 1.80. The van der Waals surface area contributed by atoms with E-state index in [1.165, 1.54) is 16.4 Å². The molecular weight excluding hydrogens is 406 g/mol. The summed E-state index contributed by atoms with van der Waals surface area (Å²) in [7, 11) is -3.55. The number of hydrogen-bond donors (Lipinski definition) is 1. The Bertz CT molecular complexity index is 965. The Morgan fingerprint density at radius 3 is 1.97 bits per heavy atom. The van der Waals surface area contributed by atoms with Crippen LogP contribution in [0.5, 0.6) is 0 Å². The molecule has 0 spiro atoms. The molecular formula is C21H25N3O5S. The summed E-state index contributed by atoms with van der Waals surface area (Å²) in [5, 5.41) is 2.81. The molecule has 2 fully saturated rings. The number of nitrogens with zero attached hydrogens (tertiary/aromatic N) is 2. The summed E-state index contributed by atoms with van der Waals surface area (Å²) in [4.78, 5) is 15.0. The lowest BCUT2D eigenvalue weighted by Crippen LogP contribution is -2.40. The highest BCUT2D eigenvalue weighted by Crippen LogP contribution is 2.21. The van der Waals surface area contributed by atoms with Crippen LogP contribution in [-0.2, 0) is 19.5 Å². The quantitative estimate of drug-likeness (QED) is 0.777. The highest BCUT2D eigenvalue weighted by Gasteiger charge is 2.26. The summed E-state index contributed by atoms with van der Waals surface area (Å²) in [5.41, 5.74) is 2.14. The maximum atomic E-state index is 12.7. The van der Waals surface area contributed by atoms with Gasteiger partial charge >= 0.3 is 0 Å². The predicted molar refractivity (Wildman–Crippen MR) is 113 cm³/mol. The van der Waals surface area contributed by atoms with E-state index in [4.69, 9.17) is 9.47 Å². The Balaban J connectivity index is 1.39. The lowest BCUT2D eigenvalue weighted by Gasteiger charge is -2.28. The largest absolute Gasteiger partial charge is 0.379 e. The molecule has 0 saturated carbocycles. The summed E-state index contributed by atoms with van der Waals surface area (Å²) in [6.07, 6.45) is 0. The molecule has 0 atom stereocenters. The lowest BCUT2D eigenvalue weighted by molar-refractivity contribution is 0.0730. The Morgan fingerprint density at radius 2 is 1.37 bits per heavy atom. The second kappa shape index (κ2) is 9.13. The minimum Gasteiger partial charge on any atom is -0.379 e. The molecule has 0 aliphatic carbocycles. The van der Waals surface area contributed by atoms with E-state index in [0.717, 1.165) is 18.8 Å². The van der Waals surface area contributed by atoms with E-state index in [1.807, 2.05) is 12.1 Å². The summed E-state index contributed by atoms with van der Waals surface area (Å²) in [5.74, 6) is -0.243. The first-order chi connectivity index (χ1) is 14.5. The molecule has 2 saturated heterocycles. The van der Waals surface area contributed by atoms with Gasteiger partial charge in [-0.2, -0.15) is 4.31 Å². The minimum atomic E-state index is -3.55. The minimum absolute atomic E-state index is 0.206. The molecule has 1 amide bonds. The molecule has 2 aliphatic heterocycles. The molecule has 2 aromatic carbocycles. The van der Waals surface area contributed by atoms with E-state index in [2.05, 4.69) is 10.2 Å². The molecule has 0 aromatic heterocycles. The lowest BCUT2D eigenvalue weighted by atomic mass is 10.1. The molecule has 2 aliphatic rings. The Kier molecular flexibility index (Phi) is 6.33. The van der Waals surface area contributed by atoms with Crippen molar-refractivity contribution in [2.75, 3.05) is 62.8 Å². The van der Waals surface area contributed by atoms with Gasteiger partial charge in [0.2, 0.25) is 10.0 Å². The SMILES string of the molecule is O=C(Nc1ccc(S(=O)(=O)N2CCOCC2)cc1)c1ccc(N2CCOCC2)cc1. The van der Waals surface area contributed by atoms with Crippen LogP contribution >= 0.6 is 0 Å². The van der Waals surface area contributed by atoms with E-state index in [1.54, 1.807) is 24.3 Å². The molecule has 0 unspecified atom stereocenters. The third-order valence-electron chi connectivity index (χ3n) is 5.23. The van der Waals surface area contributed by atoms with Crippen molar-refractivity contribution in [2.45, 2.75) is 4.90 Å². The van der Waals surface area contributed by atoms with E-state index < -0.39 is 10.0 Å². The van der Waals surface area contributed by atoms with Crippen LogP contribution in [0.2, 0.25) is 0 Å². The van der Waals surface area contributed by atoms with Crippen molar-refractivity contribution in [2.24, 2.45) is 0 Å². The Labute approximate surface area is 176 Å². The van der Waals surface area contributed by atoms with Crippen LogP contribution in [0.15, 0.2) is 53.4 Å². The summed E-state index contributed by atoms with van der Waals surface area (Å²) >= 11 is 0. The number of ether oxygens (including phenoxy) is 2. The number of amides is 1. The Morgan fingerprint density at radius 1 is 0.800 bits per heavy atom. The van der Waals surface area contributed by atoms with Crippen molar-refractivity contribution in [1.29, 1.82) is 0 Å². The smallest absolute Gasteiger partial charge is 0.255 e. The first kappa shape index (κ1) is 20.8. The number of nitrogens with one attached hydrogen (secondary N) is 1. The van der Waals surface area contributed by atoms with Gasteiger partial charge in [0.25, 0.3) is 5.91 Å². The van der Waals surface area contributed by atoms with Crippen molar-refractivity contribution in [3.05, 3.63) is 54.1 Å². The second-order valence-corrected chi connectivity index (χ2v) is 9.08. The van der Waals surface area contributed by atoms with Gasteiger partial charge in [-0.15, -0.1) is 0 Å². The van der Waals surface area contributed by atoms with Gasteiger partial charge in [-0.1, -0.05) is 0 Å². The van der Waals surface area contributed by atoms with Crippen LogP contribution in [-0.4, -0.2) is 71.2 Å². The number of morpholine rings is 2.